The highest BCUT2D eigenvalue weighted by Gasteiger charge is 2.19. The second kappa shape index (κ2) is 9.24. The van der Waals surface area contributed by atoms with Crippen molar-refractivity contribution < 1.29 is 18.0 Å². The van der Waals surface area contributed by atoms with E-state index in [9.17, 15) is 18.0 Å². The van der Waals surface area contributed by atoms with Crippen molar-refractivity contribution in [2.24, 2.45) is 0 Å². The zero-order valence-electron chi connectivity index (χ0n) is 15.2. The Balaban J connectivity index is 1.96. The van der Waals surface area contributed by atoms with Gasteiger partial charge in [0.15, 0.2) is 0 Å². The van der Waals surface area contributed by atoms with Crippen LogP contribution in [0.2, 0.25) is 0 Å². The Morgan fingerprint density at radius 1 is 1.07 bits per heavy atom. The Bertz CT molecular complexity index is 901. The topological polar surface area (TPSA) is 108 Å². The van der Waals surface area contributed by atoms with E-state index in [2.05, 4.69) is 15.6 Å². The Hall–Kier alpha value is -2.78. The summed E-state index contributed by atoms with van der Waals surface area (Å²) < 4.78 is 25.2. The Morgan fingerprint density at radius 2 is 1.78 bits per heavy atom. The van der Waals surface area contributed by atoms with Gasteiger partial charge in [-0.1, -0.05) is 12.1 Å². The molecule has 0 aliphatic heterocycles. The van der Waals surface area contributed by atoms with E-state index in [-0.39, 0.29) is 31.3 Å². The van der Waals surface area contributed by atoms with Crippen molar-refractivity contribution in [2.75, 3.05) is 23.4 Å². The lowest BCUT2D eigenvalue weighted by Gasteiger charge is -2.19. The van der Waals surface area contributed by atoms with E-state index in [1.807, 2.05) is 0 Å². The number of pyridine rings is 1. The van der Waals surface area contributed by atoms with Crippen LogP contribution in [0.15, 0.2) is 48.7 Å². The highest BCUT2D eigenvalue weighted by Crippen LogP contribution is 2.15. The van der Waals surface area contributed by atoms with E-state index in [0.717, 1.165) is 6.26 Å². The van der Waals surface area contributed by atoms with E-state index in [0.29, 0.717) is 17.1 Å². The van der Waals surface area contributed by atoms with Crippen LogP contribution < -0.4 is 10.6 Å². The normalized spacial score (nSPS) is 11.2. The molecule has 0 bridgehead atoms. The first-order valence-corrected chi connectivity index (χ1v) is 10.1. The number of carbonyl (C=O) groups excluding carboxylic acids is 2. The Labute approximate surface area is 158 Å². The summed E-state index contributed by atoms with van der Waals surface area (Å²) in [6.45, 7) is 1.53. The summed E-state index contributed by atoms with van der Waals surface area (Å²) in [5, 5.41) is 5.33. The summed E-state index contributed by atoms with van der Waals surface area (Å²) in [5.74, 6) is -0.540. The first-order chi connectivity index (χ1) is 12.7. The molecule has 0 atom stereocenters. The smallest absolute Gasteiger partial charge is 0.225 e. The first-order valence-electron chi connectivity index (χ1n) is 8.26. The molecule has 0 saturated heterocycles. The van der Waals surface area contributed by atoms with Gasteiger partial charge in [0, 0.05) is 37.5 Å². The molecule has 1 heterocycles. The first kappa shape index (κ1) is 20.5. The average Bonchev–Trinajstić information content (AvgIpc) is 2.58. The summed E-state index contributed by atoms with van der Waals surface area (Å²) in [4.78, 5) is 27.4. The SMILES string of the molecule is CC(=O)Nc1cccc(NC(=O)CCN(Cc2ccccn2)S(C)(=O)=O)c1. The summed E-state index contributed by atoms with van der Waals surface area (Å²) >= 11 is 0. The van der Waals surface area contributed by atoms with E-state index < -0.39 is 10.0 Å². The van der Waals surface area contributed by atoms with Gasteiger partial charge in [-0.2, -0.15) is 4.31 Å². The van der Waals surface area contributed by atoms with Gasteiger partial charge < -0.3 is 10.6 Å². The highest BCUT2D eigenvalue weighted by atomic mass is 32.2. The molecule has 0 spiro atoms. The number of nitrogens with one attached hydrogen (secondary N) is 2. The van der Waals surface area contributed by atoms with Crippen molar-refractivity contribution >= 4 is 33.2 Å². The number of sulfonamides is 1. The maximum atomic E-state index is 12.2. The molecular formula is C18H22N4O4S. The van der Waals surface area contributed by atoms with Gasteiger partial charge in [-0.3, -0.25) is 14.6 Å². The lowest BCUT2D eigenvalue weighted by Crippen LogP contribution is -2.32. The van der Waals surface area contributed by atoms with Gasteiger partial charge in [0.1, 0.15) is 0 Å². The second-order valence-corrected chi connectivity index (χ2v) is 7.96. The summed E-state index contributed by atoms with van der Waals surface area (Å²) in [6, 6.07) is 12.0. The molecule has 2 rings (SSSR count). The molecule has 2 amide bonds. The number of amides is 2. The van der Waals surface area contributed by atoms with Crippen LogP contribution in [0.5, 0.6) is 0 Å². The molecule has 9 heteroatoms. The molecule has 27 heavy (non-hydrogen) atoms. The minimum absolute atomic E-state index is 0.00965. The molecule has 144 valence electrons. The Kier molecular flexibility index (Phi) is 7.03. The fourth-order valence-electron chi connectivity index (χ4n) is 2.36. The lowest BCUT2D eigenvalue weighted by molar-refractivity contribution is -0.116. The van der Waals surface area contributed by atoms with Crippen molar-refractivity contribution in [2.45, 2.75) is 19.9 Å². The molecule has 0 unspecified atom stereocenters. The molecule has 8 nitrogen and oxygen atoms in total. The zero-order chi connectivity index (χ0) is 19.9. The van der Waals surface area contributed by atoms with E-state index in [1.165, 1.54) is 11.2 Å². The molecule has 0 radical (unpaired) electrons. The van der Waals surface area contributed by atoms with Gasteiger partial charge >= 0.3 is 0 Å². The number of hydrogen-bond donors (Lipinski definition) is 2. The summed E-state index contributed by atoms with van der Waals surface area (Å²) in [5.41, 5.74) is 1.68. The largest absolute Gasteiger partial charge is 0.326 e. The number of hydrogen-bond acceptors (Lipinski definition) is 5. The van der Waals surface area contributed by atoms with E-state index >= 15 is 0 Å². The van der Waals surface area contributed by atoms with Crippen LogP contribution in [0.4, 0.5) is 11.4 Å². The maximum absolute atomic E-state index is 12.2. The predicted octanol–water partition coefficient (Wildman–Crippen LogP) is 1.83. The summed E-state index contributed by atoms with van der Waals surface area (Å²) in [6.07, 6.45) is 2.68. The molecule has 1 aromatic heterocycles. The Morgan fingerprint density at radius 3 is 2.37 bits per heavy atom. The number of carbonyl (C=O) groups is 2. The van der Waals surface area contributed by atoms with Gasteiger partial charge in [0.25, 0.3) is 0 Å². The lowest BCUT2D eigenvalue weighted by atomic mass is 10.2. The second-order valence-electron chi connectivity index (χ2n) is 5.98. The standard InChI is InChI=1S/C18H22N4O4S/c1-14(23)20-15-7-5-8-16(12-15)21-18(24)9-11-22(27(2,25)26)13-17-6-3-4-10-19-17/h3-8,10,12H,9,11,13H2,1-2H3,(H,20,23)(H,21,24). The van der Waals surface area contributed by atoms with Gasteiger partial charge in [-0.05, 0) is 30.3 Å². The fourth-order valence-corrected chi connectivity index (χ4v) is 3.15. The van der Waals surface area contributed by atoms with Crippen molar-refractivity contribution in [3.8, 4) is 0 Å². The number of rotatable bonds is 8. The molecular weight excluding hydrogens is 368 g/mol. The van der Waals surface area contributed by atoms with Gasteiger partial charge in [0.05, 0.1) is 18.5 Å². The fraction of sp³-hybridized carbons (Fsp3) is 0.278. The average molecular weight is 390 g/mol. The minimum atomic E-state index is -3.49. The number of anilines is 2. The maximum Gasteiger partial charge on any atom is 0.225 e. The van der Waals surface area contributed by atoms with Crippen LogP contribution in [0.3, 0.4) is 0 Å². The highest BCUT2D eigenvalue weighted by molar-refractivity contribution is 7.88. The number of benzene rings is 1. The molecule has 1 aromatic carbocycles. The van der Waals surface area contributed by atoms with Crippen molar-refractivity contribution in [1.82, 2.24) is 9.29 Å². The molecule has 0 saturated carbocycles. The molecule has 0 aliphatic rings. The molecule has 0 aliphatic carbocycles. The van der Waals surface area contributed by atoms with E-state index in [1.54, 1.807) is 48.7 Å². The van der Waals surface area contributed by atoms with Crippen molar-refractivity contribution in [3.63, 3.8) is 0 Å². The van der Waals surface area contributed by atoms with Crippen molar-refractivity contribution in [1.29, 1.82) is 0 Å². The third kappa shape index (κ3) is 7.16. The predicted molar refractivity (Wildman–Crippen MR) is 103 cm³/mol. The van der Waals surface area contributed by atoms with Crippen LogP contribution in [-0.4, -0.2) is 42.3 Å². The van der Waals surface area contributed by atoms with Crippen molar-refractivity contribution in [3.05, 3.63) is 54.4 Å². The summed E-state index contributed by atoms with van der Waals surface area (Å²) in [7, 11) is -3.49. The van der Waals surface area contributed by atoms with Crippen LogP contribution in [-0.2, 0) is 26.2 Å². The quantitative estimate of drug-likeness (QED) is 0.715. The minimum Gasteiger partial charge on any atom is -0.326 e. The monoisotopic (exact) mass is 390 g/mol. The third-order valence-electron chi connectivity index (χ3n) is 3.59. The molecule has 2 aromatic rings. The molecule has 2 N–H and O–H groups in total. The van der Waals surface area contributed by atoms with E-state index in [4.69, 9.17) is 0 Å². The van der Waals surface area contributed by atoms with Crippen LogP contribution >= 0.6 is 0 Å². The number of nitrogens with zero attached hydrogens (tertiary/aromatic N) is 2. The van der Waals surface area contributed by atoms with Gasteiger partial charge in [-0.15, -0.1) is 0 Å². The van der Waals surface area contributed by atoms with Crippen LogP contribution in [0.1, 0.15) is 19.0 Å². The third-order valence-corrected chi connectivity index (χ3v) is 4.84. The van der Waals surface area contributed by atoms with Gasteiger partial charge in [0.2, 0.25) is 21.8 Å². The number of aromatic nitrogens is 1. The zero-order valence-corrected chi connectivity index (χ0v) is 16.0. The van der Waals surface area contributed by atoms with Gasteiger partial charge in [-0.25, -0.2) is 8.42 Å². The molecule has 0 fully saturated rings. The van der Waals surface area contributed by atoms with Crippen LogP contribution in [0.25, 0.3) is 0 Å². The van der Waals surface area contributed by atoms with Crippen LogP contribution in [0, 0.1) is 0 Å².